The first-order valence-electron chi connectivity index (χ1n) is 29.1. The molecule has 1 atom stereocenters. The van der Waals surface area contributed by atoms with Gasteiger partial charge in [-0.3, -0.25) is 0 Å². The Morgan fingerprint density at radius 3 is 1.49 bits per heavy atom. The van der Waals surface area contributed by atoms with Crippen LogP contribution in [0, 0.1) is 13.8 Å². The zero-order chi connectivity index (χ0) is 55.4. The summed E-state index contributed by atoms with van der Waals surface area (Å²) in [5, 5.41) is 5.04. The first-order valence-corrected chi connectivity index (χ1v) is 29.1. The van der Waals surface area contributed by atoms with Crippen LogP contribution in [-0.4, -0.2) is 0 Å². The highest BCUT2D eigenvalue weighted by Gasteiger charge is 2.48. The molecule has 12 aromatic carbocycles. The first kappa shape index (κ1) is 50.6. The SMILES string of the molecule is C=C(/C=C/C/C=C\C)c1ccc(C2(c3ccccc3)c3ccccc3-c3c(-c4ccc5ccc(CCc6ccc7ccc(-c8ccc9c(c8)C(c8ccc(C)cc8)(c8ccc(C)cc8)c8ccccc8-9)cc7c6)cc5c4)cccc32)cc1. The fourth-order valence-corrected chi connectivity index (χ4v) is 13.9. The van der Waals surface area contributed by atoms with Gasteiger partial charge in [0.2, 0.25) is 0 Å². The zero-order valence-corrected chi connectivity index (χ0v) is 47.0. The average molecular weight is 1050 g/mol. The Morgan fingerprint density at radius 2 is 0.841 bits per heavy atom. The molecule has 0 N–H and O–H groups in total. The number of fused-ring (bicyclic) bond motifs is 8. The molecule has 14 rings (SSSR count). The average Bonchev–Trinajstić information content (AvgIpc) is 1.89. The van der Waals surface area contributed by atoms with Crippen molar-refractivity contribution in [2.45, 2.75) is 50.9 Å². The van der Waals surface area contributed by atoms with Crippen molar-refractivity contribution in [3.63, 3.8) is 0 Å². The van der Waals surface area contributed by atoms with Crippen LogP contribution in [0.25, 0.3) is 71.6 Å². The predicted molar refractivity (Wildman–Crippen MR) is 348 cm³/mol. The van der Waals surface area contributed by atoms with Crippen LogP contribution in [0.2, 0.25) is 0 Å². The van der Waals surface area contributed by atoms with Gasteiger partial charge in [-0.05, 0) is 191 Å². The Kier molecular flexibility index (Phi) is 12.8. The number of aryl methyl sites for hydroxylation is 4. The molecule has 0 fully saturated rings. The van der Waals surface area contributed by atoms with Crippen molar-refractivity contribution in [1.82, 2.24) is 0 Å². The lowest BCUT2D eigenvalue weighted by molar-refractivity contribution is 0.768. The lowest BCUT2D eigenvalue weighted by atomic mass is 9.67. The van der Waals surface area contributed by atoms with E-state index in [9.17, 15) is 0 Å². The van der Waals surface area contributed by atoms with E-state index in [1.54, 1.807) is 0 Å². The Morgan fingerprint density at radius 1 is 0.366 bits per heavy atom. The van der Waals surface area contributed by atoms with E-state index >= 15 is 0 Å². The van der Waals surface area contributed by atoms with Crippen LogP contribution in [0.15, 0.2) is 292 Å². The number of hydrogen-bond acceptors (Lipinski definition) is 0. The minimum Gasteiger partial charge on any atom is -0.0914 e. The van der Waals surface area contributed by atoms with Gasteiger partial charge in [0.1, 0.15) is 0 Å². The summed E-state index contributed by atoms with van der Waals surface area (Å²) in [6.45, 7) is 10.8. The molecule has 0 aliphatic heterocycles. The highest BCUT2D eigenvalue weighted by atomic mass is 14.5. The third kappa shape index (κ3) is 8.44. The maximum atomic E-state index is 4.43. The van der Waals surface area contributed by atoms with E-state index in [2.05, 4.69) is 313 Å². The van der Waals surface area contributed by atoms with Crippen molar-refractivity contribution in [2.75, 3.05) is 0 Å². The van der Waals surface area contributed by atoms with Crippen molar-refractivity contribution < 1.29 is 0 Å². The van der Waals surface area contributed by atoms with E-state index in [0.29, 0.717) is 0 Å². The monoisotopic (exact) mass is 1050 g/mol. The molecule has 0 saturated carbocycles. The van der Waals surface area contributed by atoms with Crippen molar-refractivity contribution in [1.29, 1.82) is 0 Å². The number of benzene rings is 12. The Hall–Kier alpha value is -9.62. The van der Waals surface area contributed by atoms with Crippen LogP contribution in [0.5, 0.6) is 0 Å². The largest absolute Gasteiger partial charge is 0.0914 e. The highest BCUT2D eigenvalue weighted by Crippen LogP contribution is 2.59. The molecule has 0 saturated heterocycles. The van der Waals surface area contributed by atoms with Crippen LogP contribution < -0.4 is 0 Å². The summed E-state index contributed by atoms with van der Waals surface area (Å²) in [6.07, 6.45) is 11.4. The molecule has 0 heteroatoms. The summed E-state index contributed by atoms with van der Waals surface area (Å²) in [5.74, 6) is 0. The second-order valence-corrected chi connectivity index (χ2v) is 22.8. The molecule has 0 aromatic heterocycles. The molecule has 1 unspecified atom stereocenters. The molecule has 0 nitrogen and oxygen atoms in total. The number of rotatable bonds is 13. The van der Waals surface area contributed by atoms with Gasteiger partial charge in [-0.25, -0.2) is 0 Å². The van der Waals surface area contributed by atoms with Gasteiger partial charge < -0.3 is 0 Å². The summed E-state index contributed by atoms with van der Waals surface area (Å²) in [6, 6.07) is 99.2. The van der Waals surface area contributed by atoms with Gasteiger partial charge in [0.05, 0.1) is 10.8 Å². The van der Waals surface area contributed by atoms with E-state index in [1.807, 2.05) is 0 Å². The minimum absolute atomic E-state index is 0.449. The van der Waals surface area contributed by atoms with Gasteiger partial charge in [-0.15, -0.1) is 0 Å². The first-order chi connectivity index (χ1) is 40.3. The standard InChI is InChI=1S/C82H64/c1-5-6-7-9-17-57(4)60-40-47-71(48-41-60)81(68-18-10-8-11-19-68)77-24-15-13-21-75(77)80-72(22-16-25-78(80)81)65-39-37-62-35-33-59(51-67(62)53-65)31-30-58-32-34-61-36-38-63(52-66(61)50-58)64-42-49-74-73-20-12-14-23-76(73)82(79(74)54-64,69-43-26-55(2)27-44-69)70-45-28-56(3)29-46-70/h5-6,8-29,32-54H,4,7,30-31H2,1-3H3/b6-5-,17-9+. The Labute approximate surface area is 483 Å². The van der Waals surface area contributed by atoms with Crippen molar-refractivity contribution in [2.24, 2.45) is 0 Å². The Balaban J connectivity index is 0.778. The molecule has 0 amide bonds. The fourth-order valence-electron chi connectivity index (χ4n) is 13.9. The smallest absolute Gasteiger partial charge is 0.0713 e. The van der Waals surface area contributed by atoms with Gasteiger partial charge in [0.25, 0.3) is 0 Å². The molecular formula is C82H64. The molecule has 82 heavy (non-hydrogen) atoms. The van der Waals surface area contributed by atoms with Crippen LogP contribution in [0.4, 0.5) is 0 Å². The van der Waals surface area contributed by atoms with Gasteiger partial charge in [0, 0.05) is 0 Å². The molecule has 0 bridgehead atoms. The summed E-state index contributed by atoms with van der Waals surface area (Å²) in [5.41, 5.74) is 26.9. The third-order valence-electron chi connectivity index (χ3n) is 18.0. The van der Waals surface area contributed by atoms with E-state index in [0.717, 1.165) is 30.4 Å². The number of hydrogen-bond donors (Lipinski definition) is 0. The maximum Gasteiger partial charge on any atom is 0.0713 e. The molecule has 0 spiro atoms. The van der Waals surface area contributed by atoms with Crippen LogP contribution in [0.3, 0.4) is 0 Å². The van der Waals surface area contributed by atoms with Gasteiger partial charge >= 0.3 is 0 Å². The number of allylic oxidation sites excluding steroid dienone is 5. The second kappa shape index (κ2) is 20.8. The van der Waals surface area contributed by atoms with E-state index < -0.39 is 10.8 Å². The topological polar surface area (TPSA) is 0 Å². The summed E-state index contributed by atoms with van der Waals surface area (Å²) in [7, 11) is 0. The molecule has 0 heterocycles. The molecule has 12 aromatic rings. The van der Waals surface area contributed by atoms with Gasteiger partial charge in [-0.1, -0.05) is 285 Å². The van der Waals surface area contributed by atoms with E-state index in [1.165, 1.54) is 133 Å². The molecule has 2 aliphatic carbocycles. The van der Waals surface area contributed by atoms with E-state index in [4.69, 9.17) is 0 Å². The molecular weight excluding hydrogens is 985 g/mol. The summed E-state index contributed by atoms with van der Waals surface area (Å²) < 4.78 is 0. The molecule has 2 aliphatic rings. The maximum absolute atomic E-state index is 4.43. The van der Waals surface area contributed by atoms with Crippen molar-refractivity contribution in [3.05, 3.63) is 364 Å². The quantitative estimate of drug-likeness (QED) is 0.0797. The molecule has 392 valence electrons. The van der Waals surface area contributed by atoms with Crippen LogP contribution >= 0.6 is 0 Å². The van der Waals surface area contributed by atoms with Gasteiger partial charge in [-0.2, -0.15) is 0 Å². The van der Waals surface area contributed by atoms with Crippen molar-refractivity contribution in [3.8, 4) is 44.5 Å². The molecule has 0 radical (unpaired) electrons. The van der Waals surface area contributed by atoms with Gasteiger partial charge in [0.15, 0.2) is 0 Å². The van der Waals surface area contributed by atoms with Crippen LogP contribution in [-0.2, 0) is 23.7 Å². The Bertz CT molecular complexity index is 4440. The zero-order valence-electron chi connectivity index (χ0n) is 47.0. The van der Waals surface area contributed by atoms with E-state index in [-0.39, 0.29) is 0 Å². The van der Waals surface area contributed by atoms with Crippen molar-refractivity contribution >= 4 is 27.1 Å². The minimum atomic E-state index is -0.509. The predicted octanol–water partition coefficient (Wildman–Crippen LogP) is 21.0. The highest BCUT2D eigenvalue weighted by molar-refractivity contribution is 5.98. The lowest BCUT2D eigenvalue weighted by Crippen LogP contribution is -2.28. The normalized spacial score (nSPS) is 14.8. The lowest BCUT2D eigenvalue weighted by Gasteiger charge is -2.34. The fraction of sp³-hybridized carbons (Fsp3) is 0.0976. The summed E-state index contributed by atoms with van der Waals surface area (Å²) in [4.78, 5) is 0. The second-order valence-electron chi connectivity index (χ2n) is 22.8. The summed E-state index contributed by atoms with van der Waals surface area (Å²) >= 11 is 0. The third-order valence-corrected chi connectivity index (χ3v) is 18.0. The van der Waals surface area contributed by atoms with Crippen LogP contribution in [0.1, 0.15) is 85.7 Å².